The number of likely N-dealkylation sites (tertiary alicyclic amines) is 1. The smallest absolute Gasteiger partial charge is 0.273 e. The monoisotopic (exact) mass is 711 g/mol. The molecule has 0 saturated carbocycles. The van der Waals surface area contributed by atoms with Gasteiger partial charge in [0, 0.05) is 46.9 Å². The standard InChI is InChI=1S/C32H34BrN5O7S/c33-24-4-6-28(30(18-24)45-26-17-23-7-12-34-31(23)35-20-26)32(39)36-46(42,43)27-5-3-22(29(19-27)38(40)41)2-1-21-8-13-37(14-9-21)25-10-15-44-16-11-25/h3-7,12,17-21,25H,1-2,8-11,13-16H2,(H,34,35)(H,36,39). The minimum absolute atomic E-state index is 0.0464. The van der Waals surface area contributed by atoms with Crippen molar-refractivity contribution in [3.63, 3.8) is 0 Å². The van der Waals surface area contributed by atoms with Crippen molar-refractivity contribution in [2.45, 2.75) is 49.5 Å². The third-order valence-electron chi connectivity index (χ3n) is 8.76. The summed E-state index contributed by atoms with van der Waals surface area (Å²) >= 11 is 3.36. The van der Waals surface area contributed by atoms with Gasteiger partial charge in [-0.25, -0.2) is 18.1 Å². The zero-order chi connectivity index (χ0) is 32.3. The molecule has 0 aliphatic carbocycles. The van der Waals surface area contributed by atoms with Gasteiger partial charge in [0.25, 0.3) is 21.6 Å². The van der Waals surface area contributed by atoms with Gasteiger partial charge in [-0.1, -0.05) is 22.0 Å². The predicted molar refractivity (Wildman–Crippen MR) is 175 cm³/mol. The number of rotatable bonds is 10. The summed E-state index contributed by atoms with van der Waals surface area (Å²) in [6.45, 7) is 3.65. The van der Waals surface area contributed by atoms with Crippen molar-refractivity contribution in [1.82, 2.24) is 19.6 Å². The van der Waals surface area contributed by atoms with Crippen molar-refractivity contribution in [2.24, 2.45) is 5.92 Å². The number of amides is 1. The first-order chi connectivity index (χ1) is 22.2. The molecule has 2 aromatic heterocycles. The number of nitro benzene ring substituents is 1. The fourth-order valence-corrected chi connectivity index (χ4v) is 7.54. The molecule has 12 nitrogen and oxygen atoms in total. The van der Waals surface area contributed by atoms with Crippen LogP contribution in [0.15, 0.2) is 70.3 Å². The zero-order valence-electron chi connectivity index (χ0n) is 25.0. The SMILES string of the molecule is O=C(NS(=O)(=O)c1ccc(CCC2CCN(C3CCOCC3)CC2)c([N+](=O)[O-])c1)c1ccc(Br)cc1Oc1cnc2[nH]ccc2c1. The van der Waals surface area contributed by atoms with Crippen LogP contribution in [-0.4, -0.2) is 66.5 Å². The van der Waals surface area contributed by atoms with E-state index < -0.39 is 20.9 Å². The van der Waals surface area contributed by atoms with Gasteiger partial charge in [-0.3, -0.25) is 14.9 Å². The zero-order valence-corrected chi connectivity index (χ0v) is 27.4. The lowest BCUT2D eigenvalue weighted by molar-refractivity contribution is -0.385. The van der Waals surface area contributed by atoms with Crippen molar-refractivity contribution in [1.29, 1.82) is 0 Å². The van der Waals surface area contributed by atoms with Crippen LogP contribution in [0.25, 0.3) is 11.0 Å². The fraction of sp³-hybridized carbons (Fsp3) is 0.375. The van der Waals surface area contributed by atoms with Gasteiger partial charge in [0.2, 0.25) is 0 Å². The third kappa shape index (κ3) is 7.41. The molecule has 6 rings (SSSR count). The van der Waals surface area contributed by atoms with Gasteiger partial charge in [0.05, 0.1) is 21.6 Å². The van der Waals surface area contributed by atoms with E-state index in [-0.39, 0.29) is 21.9 Å². The Hall–Kier alpha value is -3.85. The molecule has 2 saturated heterocycles. The Labute approximate surface area is 274 Å². The van der Waals surface area contributed by atoms with Crippen LogP contribution in [0, 0.1) is 16.0 Å². The second kappa shape index (κ2) is 13.9. The van der Waals surface area contributed by atoms with Gasteiger partial charge >= 0.3 is 0 Å². The highest BCUT2D eigenvalue weighted by Gasteiger charge is 2.28. The number of hydrogen-bond donors (Lipinski definition) is 2. The molecule has 4 aromatic rings. The number of fused-ring (bicyclic) bond motifs is 1. The summed E-state index contributed by atoms with van der Waals surface area (Å²) in [4.78, 5) is 34.1. The van der Waals surface area contributed by atoms with Gasteiger partial charge < -0.3 is 19.4 Å². The topological polar surface area (TPSA) is 157 Å². The molecule has 2 fully saturated rings. The normalized spacial score (nSPS) is 16.8. The summed E-state index contributed by atoms with van der Waals surface area (Å²) in [5.41, 5.74) is 0.807. The number of ether oxygens (including phenoxy) is 2. The number of benzene rings is 2. The number of nitrogens with one attached hydrogen (secondary N) is 2. The number of nitrogens with zero attached hydrogens (tertiary/aromatic N) is 3. The van der Waals surface area contributed by atoms with Crippen molar-refractivity contribution < 1.29 is 27.6 Å². The van der Waals surface area contributed by atoms with Crippen LogP contribution < -0.4 is 9.46 Å². The number of sulfonamides is 1. The van der Waals surface area contributed by atoms with E-state index in [1.165, 1.54) is 30.5 Å². The molecule has 0 radical (unpaired) electrons. The van der Waals surface area contributed by atoms with Gasteiger partial charge in [0.1, 0.15) is 17.1 Å². The van der Waals surface area contributed by atoms with Crippen molar-refractivity contribution in [2.75, 3.05) is 26.3 Å². The number of carbonyl (C=O) groups is 1. The first-order valence-corrected chi connectivity index (χ1v) is 17.5. The minimum atomic E-state index is -4.46. The van der Waals surface area contributed by atoms with Gasteiger partial charge in [0.15, 0.2) is 0 Å². The number of halogens is 1. The number of aromatic nitrogens is 2. The molecule has 14 heteroatoms. The van der Waals surface area contributed by atoms with Crippen LogP contribution in [0.2, 0.25) is 0 Å². The number of hydrogen-bond acceptors (Lipinski definition) is 9. The van der Waals surface area contributed by atoms with Crippen LogP contribution >= 0.6 is 15.9 Å². The van der Waals surface area contributed by atoms with Crippen LogP contribution in [0.3, 0.4) is 0 Å². The summed E-state index contributed by atoms with van der Waals surface area (Å²) in [6, 6.07) is 12.5. The number of aromatic amines is 1. The van der Waals surface area contributed by atoms with Crippen molar-refractivity contribution >= 4 is 48.6 Å². The maximum atomic E-state index is 13.3. The van der Waals surface area contributed by atoms with E-state index in [0.29, 0.717) is 39.8 Å². The average molecular weight is 713 g/mol. The molecule has 0 bridgehead atoms. The largest absolute Gasteiger partial charge is 0.455 e. The molecule has 2 N–H and O–H groups in total. The van der Waals surface area contributed by atoms with E-state index in [1.54, 1.807) is 18.3 Å². The maximum Gasteiger partial charge on any atom is 0.273 e. The number of nitro groups is 1. The minimum Gasteiger partial charge on any atom is -0.455 e. The highest BCUT2D eigenvalue weighted by Crippen LogP contribution is 2.32. The number of H-pyrrole nitrogens is 1. The highest BCUT2D eigenvalue weighted by atomic mass is 79.9. The third-order valence-corrected chi connectivity index (χ3v) is 10.6. The molecule has 4 heterocycles. The lowest BCUT2D eigenvalue weighted by Crippen LogP contribution is -2.44. The Kier molecular flexibility index (Phi) is 9.68. The van der Waals surface area contributed by atoms with E-state index in [4.69, 9.17) is 9.47 Å². The van der Waals surface area contributed by atoms with Crippen molar-refractivity contribution in [3.05, 3.63) is 86.6 Å². The van der Waals surface area contributed by atoms with Crippen LogP contribution in [0.1, 0.15) is 48.0 Å². The molecule has 242 valence electrons. The lowest BCUT2D eigenvalue weighted by Gasteiger charge is -2.39. The Morgan fingerprint density at radius 2 is 1.89 bits per heavy atom. The molecule has 0 unspecified atom stereocenters. The molecule has 1 amide bonds. The van der Waals surface area contributed by atoms with Crippen molar-refractivity contribution in [3.8, 4) is 11.5 Å². The summed E-state index contributed by atoms with van der Waals surface area (Å²) in [5.74, 6) is -0.0599. The van der Waals surface area contributed by atoms with E-state index in [1.807, 2.05) is 10.8 Å². The second-order valence-corrected chi connectivity index (χ2v) is 14.3. The van der Waals surface area contributed by atoms with E-state index in [9.17, 15) is 23.3 Å². The molecule has 46 heavy (non-hydrogen) atoms. The molecule has 2 aromatic carbocycles. The Bertz CT molecular complexity index is 1850. The molecule has 0 spiro atoms. The summed E-state index contributed by atoms with van der Waals surface area (Å²) < 4.78 is 40.6. The summed E-state index contributed by atoms with van der Waals surface area (Å²) in [7, 11) is -4.46. The number of carbonyl (C=O) groups excluding carboxylic acids is 1. The molecular formula is C32H34BrN5O7S. The Morgan fingerprint density at radius 3 is 2.65 bits per heavy atom. The molecule has 2 aliphatic heterocycles. The number of aryl methyl sites for hydroxylation is 1. The molecule has 2 aliphatic rings. The highest BCUT2D eigenvalue weighted by molar-refractivity contribution is 9.10. The van der Waals surface area contributed by atoms with Gasteiger partial charge in [-0.2, -0.15) is 0 Å². The maximum absolute atomic E-state index is 13.3. The van der Waals surface area contributed by atoms with Crippen LogP contribution in [0.4, 0.5) is 5.69 Å². The van der Waals surface area contributed by atoms with Crippen LogP contribution in [-0.2, 0) is 21.2 Å². The summed E-state index contributed by atoms with van der Waals surface area (Å²) in [6.07, 6.45) is 8.65. The predicted octanol–water partition coefficient (Wildman–Crippen LogP) is 5.97. The second-order valence-electron chi connectivity index (χ2n) is 11.7. The van der Waals surface area contributed by atoms with Gasteiger partial charge in [-0.15, -0.1) is 0 Å². The lowest BCUT2D eigenvalue weighted by atomic mass is 9.89. The average Bonchev–Trinajstić information content (AvgIpc) is 3.52. The first kappa shape index (κ1) is 32.1. The van der Waals surface area contributed by atoms with Gasteiger partial charge in [-0.05, 0) is 93.9 Å². The Balaban J connectivity index is 1.12. The van der Waals surface area contributed by atoms with E-state index in [2.05, 4.69) is 30.8 Å². The quantitative estimate of drug-likeness (QED) is 0.149. The number of piperidine rings is 1. The van der Waals surface area contributed by atoms with E-state index >= 15 is 0 Å². The first-order valence-electron chi connectivity index (χ1n) is 15.2. The Morgan fingerprint density at radius 1 is 1.11 bits per heavy atom. The fourth-order valence-electron chi connectivity index (χ4n) is 6.22. The van der Waals surface area contributed by atoms with E-state index in [0.717, 1.165) is 69.9 Å². The van der Waals surface area contributed by atoms with Crippen LogP contribution in [0.5, 0.6) is 11.5 Å². The molecular weight excluding hydrogens is 678 g/mol. The number of pyridine rings is 1. The summed E-state index contributed by atoms with van der Waals surface area (Å²) in [5, 5.41) is 12.8. The molecule has 0 atom stereocenters.